The Labute approximate surface area is 163 Å². The first kappa shape index (κ1) is 21.0. The fraction of sp³-hybridized carbons (Fsp3) is 0.118. The molecule has 0 unspecified atom stereocenters. The molecule has 0 fully saturated rings. The summed E-state index contributed by atoms with van der Waals surface area (Å²) in [5.41, 5.74) is 8.52. The van der Waals surface area contributed by atoms with Crippen LogP contribution >= 0.6 is 35.6 Å². The second kappa shape index (κ2) is 10.0. The van der Waals surface area contributed by atoms with E-state index in [1.165, 1.54) is 0 Å². The number of hydrazone groups is 2. The van der Waals surface area contributed by atoms with E-state index in [0.29, 0.717) is 10.0 Å². The molecule has 0 spiro atoms. The largest absolute Gasteiger partial charge is 0.266 e. The van der Waals surface area contributed by atoms with Crippen LogP contribution in [0.2, 0.25) is 10.0 Å². The molecule has 25 heavy (non-hydrogen) atoms. The van der Waals surface area contributed by atoms with Crippen molar-refractivity contribution in [2.24, 2.45) is 10.2 Å². The molecule has 0 bridgehead atoms. The number of hydrogen-bond acceptors (Lipinski definition) is 3. The molecule has 0 atom stereocenters. The first-order chi connectivity index (χ1) is 11.5. The van der Waals surface area contributed by atoms with E-state index in [1.54, 1.807) is 24.3 Å². The van der Waals surface area contributed by atoms with Crippen molar-refractivity contribution in [3.8, 4) is 0 Å². The molecule has 132 valence electrons. The number of guanidine groups is 1. The van der Waals surface area contributed by atoms with Crippen LogP contribution < -0.4 is 10.9 Å². The Kier molecular flexibility index (Phi) is 8.41. The van der Waals surface area contributed by atoms with Gasteiger partial charge in [-0.2, -0.15) is 10.2 Å². The predicted molar refractivity (Wildman–Crippen MR) is 109 cm³/mol. The summed E-state index contributed by atoms with van der Waals surface area (Å²) < 4.78 is 0. The minimum atomic E-state index is -0.0309. The minimum Gasteiger partial charge on any atom is -0.266 e. The lowest BCUT2D eigenvalue weighted by atomic mass is 10.1. The third-order valence-corrected chi connectivity index (χ3v) is 3.70. The van der Waals surface area contributed by atoms with E-state index in [0.717, 1.165) is 22.6 Å². The minimum absolute atomic E-state index is 0. The quantitative estimate of drug-likeness (QED) is 0.397. The van der Waals surface area contributed by atoms with Crippen molar-refractivity contribution in [2.75, 3.05) is 0 Å². The van der Waals surface area contributed by atoms with Crippen LogP contribution in [0.4, 0.5) is 0 Å². The summed E-state index contributed by atoms with van der Waals surface area (Å²) in [6, 6.07) is 14.6. The fourth-order valence-corrected chi connectivity index (χ4v) is 2.07. The second-order valence-electron chi connectivity index (χ2n) is 5.01. The molecule has 2 aromatic carbocycles. The van der Waals surface area contributed by atoms with Crippen molar-refractivity contribution in [3.05, 3.63) is 69.7 Å². The van der Waals surface area contributed by atoms with E-state index in [2.05, 4.69) is 21.1 Å². The smallest absolute Gasteiger partial charge is 0.230 e. The molecule has 8 heteroatoms. The molecule has 0 saturated carbocycles. The van der Waals surface area contributed by atoms with Gasteiger partial charge in [0.15, 0.2) is 0 Å². The normalized spacial score (nSPS) is 11.5. The summed E-state index contributed by atoms with van der Waals surface area (Å²) in [6.45, 7) is 3.68. The highest BCUT2D eigenvalue weighted by molar-refractivity contribution is 6.31. The molecule has 0 radical (unpaired) electrons. The molecule has 0 saturated heterocycles. The summed E-state index contributed by atoms with van der Waals surface area (Å²) in [5, 5.41) is 17.4. The van der Waals surface area contributed by atoms with Gasteiger partial charge in [-0.3, -0.25) is 5.41 Å². The van der Waals surface area contributed by atoms with Crippen LogP contribution in [0.3, 0.4) is 0 Å². The highest BCUT2D eigenvalue weighted by Gasteiger charge is 2.00. The average Bonchev–Trinajstić information content (AvgIpc) is 2.58. The summed E-state index contributed by atoms with van der Waals surface area (Å²) in [5.74, 6) is -0.0309. The Balaban J connectivity index is 0.00000312. The molecule has 0 heterocycles. The van der Waals surface area contributed by atoms with E-state index >= 15 is 0 Å². The first-order valence-corrected chi connectivity index (χ1v) is 7.92. The summed E-state index contributed by atoms with van der Waals surface area (Å²) >= 11 is 11.7. The van der Waals surface area contributed by atoms with E-state index in [9.17, 15) is 0 Å². The van der Waals surface area contributed by atoms with Crippen LogP contribution in [-0.4, -0.2) is 17.4 Å². The van der Waals surface area contributed by atoms with Crippen molar-refractivity contribution in [3.63, 3.8) is 0 Å². The van der Waals surface area contributed by atoms with E-state index in [-0.39, 0.29) is 18.4 Å². The van der Waals surface area contributed by atoms with Crippen molar-refractivity contribution in [2.45, 2.75) is 13.8 Å². The zero-order valence-electron chi connectivity index (χ0n) is 13.7. The van der Waals surface area contributed by atoms with Crippen LogP contribution in [-0.2, 0) is 0 Å². The Bertz CT molecular complexity index is 702. The molecule has 5 nitrogen and oxygen atoms in total. The maximum absolute atomic E-state index is 7.79. The summed E-state index contributed by atoms with van der Waals surface area (Å²) in [4.78, 5) is 0. The van der Waals surface area contributed by atoms with Crippen molar-refractivity contribution < 1.29 is 0 Å². The number of hydrogen-bond donors (Lipinski definition) is 3. The Hall–Kier alpha value is -2.08. The van der Waals surface area contributed by atoms with Crippen LogP contribution in [0.1, 0.15) is 25.0 Å². The van der Waals surface area contributed by atoms with Gasteiger partial charge in [-0.25, -0.2) is 10.9 Å². The van der Waals surface area contributed by atoms with Crippen LogP contribution in [0.15, 0.2) is 58.7 Å². The Morgan fingerprint density at radius 3 is 1.40 bits per heavy atom. The number of rotatable bonds is 4. The fourth-order valence-electron chi connectivity index (χ4n) is 1.82. The van der Waals surface area contributed by atoms with Crippen molar-refractivity contribution >= 4 is 53.0 Å². The maximum Gasteiger partial charge on any atom is 0.230 e. The van der Waals surface area contributed by atoms with E-state index < -0.39 is 0 Å². The van der Waals surface area contributed by atoms with Crippen molar-refractivity contribution in [1.82, 2.24) is 10.9 Å². The second-order valence-corrected chi connectivity index (χ2v) is 5.88. The van der Waals surface area contributed by atoms with E-state index in [4.69, 9.17) is 28.6 Å². The average molecular weight is 399 g/mol. The Morgan fingerprint density at radius 1 is 0.760 bits per heavy atom. The lowest BCUT2D eigenvalue weighted by Crippen LogP contribution is -2.30. The highest BCUT2D eigenvalue weighted by Crippen LogP contribution is 2.11. The predicted octanol–water partition coefficient (Wildman–Crippen LogP) is 4.68. The van der Waals surface area contributed by atoms with Crippen LogP contribution in [0.5, 0.6) is 0 Å². The maximum atomic E-state index is 7.79. The SMILES string of the molecule is CC(=NNC(=N)NN=C(C)c1ccc(Cl)cc1)c1ccc(Cl)cc1.Cl. The highest BCUT2D eigenvalue weighted by atomic mass is 35.5. The van der Waals surface area contributed by atoms with Gasteiger partial charge in [-0.15, -0.1) is 12.4 Å². The van der Waals surface area contributed by atoms with Crippen LogP contribution in [0.25, 0.3) is 0 Å². The zero-order valence-corrected chi connectivity index (χ0v) is 16.0. The zero-order chi connectivity index (χ0) is 17.5. The molecular weight excluding hydrogens is 381 g/mol. The number of nitrogens with zero attached hydrogens (tertiary/aromatic N) is 2. The molecule has 2 rings (SSSR count). The lowest BCUT2D eigenvalue weighted by Gasteiger charge is -2.06. The molecular formula is C17H18Cl3N5. The number of benzene rings is 2. The standard InChI is InChI=1S/C17H17Cl2N5.ClH/c1-11(13-3-7-15(18)8-4-13)21-23-17(20)24-22-12(2)14-5-9-16(19)10-6-14;/h3-10H,1-2H3,(H3,20,23,24);1H. The van der Waals surface area contributed by atoms with Gasteiger partial charge in [0.25, 0.3) is 0 Å². The molecule has 0 aliphatic heterocycles. The van der Waals surface area contributed by atoms with Gasteiger partial charge < -0.3 is 0 Å². The Morgan fingerprint density at radius 2 is 1.08 bits per heavy atom. The van der Waals surface area contributed by atoms with Gasteiger partial charge in [0.1, 0.15) is 0 Å². The van der Waals surface area contributed by atoms with Gasteiger partial charge in [-0.1, -0.05) is 47.5 Å². The van der Waals surface area contributed by atoms with Crippen LogP contribution in [0, 0.1) is 5.41 Å². The van der Waals surface area contributed by atoms with Gasteiger partial charge in [0.2, 0.25) is 5.96 Å². The topological polar surface area (TPSA) is 72.6 Å². The number of halogens is 3. The van der Waals surface area contributed by atoms with Crippen molar-refractivity contribution in [1.29, 1.82) is 5.41 Å². The van der Waals surface area contributed by atoms with Gasteiger partial charge in [0, 0.05) is 10.0 Å². The van der Waals surface area contributed by atoms with Gasteiger partial charge >= 0.3 is 0 Å². The third kappa shape index (κ3) is 6.74. The molecule has 2 aromatic rings. The summed E-state index contributed by atoms with van der Waals surface area (Å²) in [7, 11) is 0. The molecule has 0 aliphatic carbocycles. The number of nitrogens with one attached hydrogen (secondary N) is 3. The molecule has 0 aromatic heterocycles. The molecule has 0 amide bonds. The molecule has 3 N–H and O–H groups in total. The molecule has 0 aliphatic rings. The monoisotopic (exact) mass is 397 g/mol. The van der Waals surface area contributed by atoms with Gasteiger partial charge in [-0.05, 0) is 49.2 Å². The first-order valence-electron chi connectivity index (χ1n) is 7.17. The lowest BCUT2D eigenvalue weighted by molar-refractivity contribution is 0.885. The summed E-state index contributed by atoms with van der Waals surface area (Å²) in [6.07, 6.45) is 0. The third-order valence-electron chi connectivity index (χ3n) is 3.19. The van der Waals surface area contributed by atoms with E-state index in [1.807, 2.05) is 38.1 Å². The van der Waals surface area contributed by atoms with Gasteiger partial charge in [0.05, 0.1) is 11.4 Å².